The van der Waals surface area contributed by atoms with Crippen molar-refractivity contribution in [3.63, 3.8) is 0 Å². The fourth-order valence-electron chi connectivity index (χ4n) is 4.79. The average molecular weight is 533 g/mol. The molecule has 0 saturated carbocycles. The number of carbonyl (C=O) groups excluding carboxylic acids is 2. The summed E-state index contributed by atoms with van der Waals surface area (Å²) < 4.78 is 42.1. The van der Waals surface area contributed by atoms with Gasteiger partial charge >= 0.3 is 0 Å². The third-order valence-electron chi connectivity index (χ3n) is 7.09. The zero-order valence-corrected chi connectivity index (χ0v) is 22.9. The lowest BCUT2D eigenvalue weighted by atomic mass is 10.1. The van der Waals surface area contributed by atoms with Crippen LogP contribution >= 0.6 is 0 Å². The van der Waals surface area contributed by atoms with Crippen molar-refractivity contribution in [1.82, 2.24) is 9.80 Å². The third kappa shape index (κ3) is 7.72. The summed E-state index contributed by atoms with van der Waals surface area (Å²) in [6.07, 6.45) is 1.85. The van der Waals surface area contributed by atoms with Gasteiger partial charge in [0.25, 0.3) is 0 Å². The number of benzene rings is 2. The lowest BCUT2D eigenvalue weighted by molar-refractivity contribution is -0.131. The molecule has 0 saturated heterocycles. The van der Waals surface area contributed by atoms with Crippen LogP contribution in [0.25, 0.3) is 0 Å². The molecular formula is C29H39F3N4O2. The molecule has 0 aromatic heterocycles. The number of halogens is 3. The largest absolute Gasteiger partial charge is 0.374 e. The maximum atomic E-state index is 14.4. The quantitative estimate of drug-likeness (QED) is 0.513. The summed E-state index contributed by atoms with van der Waals surface area (Å²) in [5, 5.41) is 0. The summed E-state index contributed by atoms with van der Waals surface area (Å²) in [5.41, 5.74) is 1.51. The van der Waals surface area contributed by atoms with Crippen molar-refractivity contribution in [3.8, 4) is 0 Å². The Morgan fingerprint density at radius 3 is 2.18 bits per heavy atom. The van der Waals surface area contributed by atoms with Gasteiger partial charge in [0.15, 0.2) is 11.6 Å². The van der Waals surface area contributed by atoms with Crippen LogP contribution in [0.2, 0.25) is 0 Å². The molecule has 9 heteroatoms. The number of hydrogen-bond donors (Lipinski definition) is 0. The first-order valence-electron chi connectivity index (χ1n) is 13.4. The highest BCUT2D eigenvalue weighted by Crippen LogP contribution is 2.28. The highest BCUT2D eigenvalue weighted by molar-refractivity contribution is 5.94. The summed E-state index contributed by atoms with van der Waals surface area (Å²) in [7, 11) is 1.83. The molecule has 2 amide bonds. The Bertz CT molecular complexity index is 1090. The van der Waals surface area contributed by atoms with Gasteiger partial charge in [-0.2, -0.15) is 0 Å². The number of hydrogen-bond acceptors (Lipinski definition) is 4. The maximum Gasteiger partial charge on any atom is 0.226 e. The van der Waals surface area contributed by atoms with Crippen LogP contribution in [0.4, 0.5) is 24.5 Å². The molecule has 0 aliphatic carbocycles. The van der Waals surface area contributed by atoms with Crippen LogP contribution in [0.15, 0.2) is 36.4 Å². The van der Waals surface area contributed by atoms with Crippen LogP contribution in [-0.4, -0.2) is 67.4 Å². The highest BCUT2D eigenvalue weighted by Gasteiger charge is 2.25. The summed E-state index contributed by atoms with van der Waals surface area (Å²) in [4.78, 5) is 33.7. The zero-order valence-electron chi connectivity index (χ0n) is 22.9. The van der Waals surface area contributed by atoms with Crippen molar-refractivity contribution in [2.75, 3.05) is 49.6 Å². The topological polar surface area (TPSA) is 47.1 Å². The standard InChI is InChI=1S/C29H39F3N4O2/c1-5-28(37)36-16-7-14-34(21(2)3)13-6-15-35(20-22-18-25(31)26(32)19-27(22)36)29(38)12-17-33(4)24-10-8-23(30)9-11-24/h8-11,18-19,21H,5-7,12-17,20H2,1-4H3. The smallest absolute Gasteiger partial charge is 0.226 e. The molecule has 208 valence electrons. The molecule has 1 aliphatic heterocycles. The molecule has 38 heavy (non-hydrogen) atoms. The first kappa shape index (κ1) is 29.5. The van der Waals surface area contributed by atoms with Gasteiger partial charge in [0.1, 0.15) is 5.82 Å². The van der Waals surface area contributed by atoms with Crippen molar-refractivity contribution < 1.29 is 22.8 Å². The second kappa shape index (κ2) is 13.6. The van der Waals surface area contributed by atoms with E-state index in [1.54, 1.807) is 24.0 Å². The molecule has 3 rings (SSSR count). The first-order valence-corrected chi connectivity index (χ1v) is 13.4. The summed E-state index contributed by atoms with van der Waals surface area (Å²) in [6.45, 7) is 8.80. The minimum atomic E-state index is -1.02. The van der Waals surface area contributed by atoms with E-state index in [4.69, 9.17) is 0 Å². The number of carbonyl (C=O) groups is 2. The molecule has 0 bridgehead atoms. The maximum absolute atomic E-state index is 14.4. The average Bonchev–Trinajstić information content (AvgIpc) is 2.88. The lowest BCUT2D eigenvalue weighted by Gasteiger charge is -2.33. The molecule has 2 aromatic carbocycles. The molecule has 0 atom stereocenters. The second-order valence-corrected chi connectivity index (χ2v) is 10.1. The fourth-order valence-corrected chi connectivity index (χ4v) is 4.79. The van der Waals surface area contributed by atoms with E-state index in [0.29, 0.717) is 43.3 Å². The predicted octanol–water partition coefficient (Wildman–Crippen LogP) is 5.21. The van der Waals surface area contributed by atoms with Gasteiger partial charge < -0.3 is 19.6 Å². The Hall–Kier alpha value is -3.07. The summed E-state index contributed by atoms with van der Waals surface area (Å²) in [5.74, 6) is -2.66. The van der Waals surface area contributed by atoms with Gasteiger partial charge in [-0.1, -0.05) is 6.92 Å². The van der Waals surface area contributed by atoms with Crippen LogP contribution in [0.1, 0.15) is 52.0 Å². The molecule has 0 fully saturated rings. The van der Waals surface area contributed by atoms with Crippen LogP contribution in [0.3, 0.4) is 0 Å². The Labute approximate surface area is 224 Å². The Morgan fingerprint density at radius 1 is 0.921 bits per heavy atom. The van der Waals surface area contributed by atoms with Crippen LogP contribution in [0.5, 0.6) is 0 Å². The van der Waals surface area contributed by atoms with Gasteiger partial charge in [-0.15, -0.1) is 0 Å². The van der Waals surface area contributed by atoms with E-state index in [0.717, 1.165) is 37.3 Å². The Morgan fingerprint density at radius 2 is 1.55 bits per heavy atom. The summed E-state index contributed by atoms with van der Waals surface area (Å²) >= 11 is 0. The number of amides is 2. The van der Waals surface area contributed by atoms with Crippen LogP contribution in [0, 0.1) is 17.5 Å². The summed E-state index contributed by atoms with van der Waals surface area (Å²) in [6, 6.07) is 8.54. The van der Waals surface area contributed by atoms with Crippen LogP contribution < -0.4 is 9.80 Å². The molecule has 1 aliphatic rings. The minimum Gasteiger partial charge on any atom is -0.374 e. The van der Waals surface area contributed by atoms with E-state index >= 15 is 0 Å². The number of nitrogens with zero attached hydrogens (tertiary/aromatic N) is 4. The van der Waals surface area contributed by atoms with Gasteiger partial charge in [0, 0.05) is 77.0 Å². The van der Waals surface area contributed by atoms with Gasteiger partial charge in [-0.3, -0.25) is 9.59 Å². The van der Waals surface area contributed by atoms with Gasteiger partial charge in [-0.05, 0) is 62.6 Å². The zero-order chi connectivity index (χ0) is 27.8. The van der Waals surface area contributed by atoms with Crippen molar-refractivity contribution >= 4 is 23.2 Å². The minimum absolute atomic E-state index is 0.0702. The molecule has 0 N–H and O–H groups in total. The van der Waals surface area contributed by atoms with Crippen LogP contribution in [-0.2, 0) is 16.1 Å². The molecule has 0 spiro atoms. The monoisotopic (exact) mass is 532 g/mol. The van der Waals surface area contributed by atoms with Crippen molar-refractivity contribution in [2.45, 2.75) is 59.0 Å². The van der Waals surface area contributed by atoms with E-state index in [9.17, 15) is 22.8 Å². The van der Waals surface area contributed by atoms with E-state index in [2.05, 4.69) is 18.7 Å². The number of fused-ring (bicyclic) bond motifs is 1. The normalized spacial score (nSPS) is 15.6. The molecule has 6 nitrogen and oxygen atoms in total. The first-order chi connectivity index (χ1) is 18.1. The second-order valence-electron chi connectivity index (χ2n) is 10.1. The SMILES string of the molecule is CCC(=O)N1CCCN(C(C)C)CCCN(C(=O)CCN(C)c2ccc(F)cc2)Cc2cc(F)c(F)cc21. The Kier molecular flexibility index (Phi) is 10.6. The van der Waals surface area contributed by atoms with Crippen molar-refractivity contribution in [1.29, 1.82) is 0 Å². The molecule has 0 radical (unpaired) electrons. The van der Waals surface area contributed by atoms with Gasteiger partial charge in [0.05, 0.1) is 5.69 Å². The molecule has 0 unspecified atom stereocenters. The van der Waals surface area contributed by atoms with Crippen molar-refractivity contribution in [3.05, 3.63) is 59.4 Å². The number of rotatable bonds is 6. The van der Waals surface area contributed by atoms with E-state index in [1.165, 1.54) is 17.0 Å². The van der Waals surface area contributed by atoms with E-state index in [-0.39, 0.29) is 37.0 Å². The third-order valence-corrected chi connectivity index (χ3v) is 7.09. The molecule has 2 aromatic rings. The fraction of sp³-hybridized carbons (Fsp3) is 0.517. The Balaban J connectivity index is 1.89. The van der Waals surface area contributed by atoms with Crippen molar-refractivity contribution in [2.24, 2.45) is 0 Å². The lowest BCUT2D eigenvalue weighted by Crippen LogP contribution is -2.41. The molecule has 1 heterocycles. The van der Waals surface area contributed by atoms with Gasteiger partial charge in [0.2, 0.25) is 11.8 Å². The molecular weight excluding hydrogens is 493 g/mol. The predicted molar refractivity (Wildman–Crippen MR) is 145 cm³/mol. The van der Waals surface area contributed by atoms with E-state index in [1.807, 2.05) is 11.9 Å². The highest BCUT2D eigenvalue weighted by atomic mass is 19.2. The number of anilines is 2. The van der Waals surface area contributed by atoms with Gasteiger partial charge in [-0.25, -0.2) is 13.2 Å². The van der Waals surface area contributed by atoms with E-state index < -0.39 is 11.6 Å².